The van der Waals surface area contributed by atoms with Gasteiger partial charge in [0.25, 0.3) is 5.91 Å². The number of ether oxygens (including phenoxy) is 2. The van der Waals surface area contributed by atoms with E-state index in [1.165, 1.54) is 5.56 Å². The van der Waals surface area contributed by atoms with Gasteiger partial charge in [0.15, 0.2) is 6.10 Å². The molecule has 4 heteroatoms. The summed E-state index contributed by atoms with van der Waals surface area (Å²) in [5.74, 6) is 1.44. The molecule has 4 nitrogen and oxygen atoms in total. The summed E-state index contributed by atoms with van der Waals surface area (Å²) in [5.41, 5.74) is 3.40. The van der Waals surface area contributed by atoms with E-state index in [2.05, 4.69) is 5.32 Å². The third-order valence-corrected chi connectivity index (χ3v) is 4.40. The standard InChI is InChI=1S/C22H29NO3/c1-6-20(26-21-9-7-8-16(3)18(21)5)22(24)23-17(4)14-25-19-12-10-15(2)11-13-19/h7-13,17,20H,6,14H2,1-5H3,(H,23,24)/t17-,20-/m1/s1. The third kappa shape index (κ3) is 5.51. The molecule has 0 unspecified atom stereocenters. The summed E-state index contributed by atoms with van der Waals surface area (Å²) >= 11 is 0. The molecular weight excluding hydrogens is 326 g/mol. The smallest absolute Gasteiger partial charge is 0.261 e. The van der Waals surface area contributed by atoms with Gasteiger partial charge in [0.1, 0.15) is 18.1 Å². The number of carbonyl (C=O) groups is 1. The first kappa shape index (κ1) is 19.8. The van der Waals surface area contributed by atoms with E-state index >= 15 is 0 Å². The van der Waals surface area contributed by atoms with Crippen molar-refractivity contribution in [3.63, 3.8) is 0 Å². The number of hydrogen-bond acceptors (Lipinski definition) is 3. The monoisotopic (exact) mass is 355 g/mol. The third-order valence-electron chi connectivity index (χ3n) is 4.40. The first-order valence-electron chi connectivity index (χ1n) is 9.13. The van der Waals surface area contributed by atoms with Gasteiger partial charge >= 0.3 is 0 Å². The van der Waals surface area contributed by atoms with Crippen LogP contribution in [-0.4, -0.2) is 24.7 Å². The molecule has 0 aliphatic carbocycles. The number of amides is 1. The van der Waals surface area contributed by atoms with E-state index in [4.69, 9.17) is 9.47 Å². The molecule has 0 saturated heterocycles. The van der Waals surface area contributed by atoms with Crippen LogP contribution in [0.25, 0.3) is 0 Å². The molecule has 140 valence electrons. The minimum Gasteiger partial charge on any atom is -0.491 e. The topological polar surface area (TPSA) is 47.6 Å². The Hall–Kier alpha value is -2.49. The number of rotatable bonds is 8. The molecule has 0 spiro atoms. The predicted octanol–water partition coefficient (Wildman–Crippen LogP) is 4.35. The number of nitrogens with one attached hydrogen (secondary N) is 1. The van der Waals surface area contributed by atoms with Crippen molar-refractivity contribution < 1.29 is 14.3 Å². The maximum Gasteiger partial charge on any atom is 0.261 e. The molecule has 2 aromatic rings. The normalized spacial score (nSPS) is 13.0. The van der Waals surface area contributed by atoms with Crippen LogP contribution in [0.15, 0.2) is 42.5 Å². The molecule has 0 fully saturated rings. The molecule has 0 aliphatic heterocycles. The summed E-state index contributed by atoms with van der Waals surface area (Å²) < 4.78 is 11.7. The van der Waals surface area contributed by atoms with Crippen LogP contribution in [0.4, 0.5) is 0 Å². The lowest BCUT2D eigenvalue weighted by Gasteiger charge is -2.22. The molecule has 26 heavy (non-hydrogen) atoms. The van der Waals surface area contributed by atoms with Gasteiger partial charge in [-0.2, -0.15) is 0 Å². The molecule has 2 aromatic carbocycles. The Bertz CT molecular complexity index is 725. The number of aryl methyl sites for hydroxylation is 2. The molecule has 0 heterocycles. The minimum absolute atomic E-state index is 0.111. The second-order valence-electron chi connectivity index (χ2n) is 6.75. The van der Waals surface area contributed by atoms with Crippen LogP contribution < -0.4 is 14.8 Å². The highest BCUT2D eigenvalue weighted by atomic mass is 16.5. The fraction of sp³-hybridized carbons (Fsp3) is 0.409. The molecule has 1 amide bonds. The van der Waals surface area contributed by atoms with Crippen molar-refractivity contribution in [3.8, 4) is 11.5 Å². The van der Waals surface area contributed by atoms with E-state index in [0.29, 0.717) is 13.0 Å². The largest absolute Gasteiger partial charge is 0.491 e. The van der Waals surface area contributed by atoms with Gasteiger partial charge < -0.3 is 14.8 Å². The highest BCUT2D eigenvalue weighted by Crippen LogP contribution is 2.22. The zero-order valence-corrected chi connectivity index (χ0v) is 16.3. The maximum absolute atomic E-state index is 12.5. The first-order chi connectivity index (χ1) is 12.4. The maximum atomic E-state index is 12.5. The van der Waals surface area contributed by atoms with E-state index in [1.807, 2.05) is 77.1 Å². The lowest BCUT2D eigenvalue weighted by Crippen LogP contribution is -2.44. The lowest BCUT2D eigenvalue weighted by atomic mass is 10.1. The highest BCUT2D eigenvalue weighted by Gasteiger charge is 2.21. The van der Waals surface area contributed by atoms with Gasteiger partial charge in [-0.15, -0.1) is 0 Å². The van der Waals surface area contributed by atoms with Crippen molar-refractivity contribution in [2.45, 2.75) is 53.2 Å². The molecule has 2 rings (SSSR count). The Morgan fingerprint density at radius 1 is 1.08 bits per heavy atom. The van der Waals surface area contributed by atoms with Crippen LogP contribution in [-0.2, 0) is 4.79 Å². The molecular formula is C22H29NO3. The molecule has 2 atom stereocenters. The molecule has 1 N–H and O–H groups in total. The van der Waals surface area contributed by atoms with Gasteiger partial charge in [0.05, 0.1) is 6.04 Å². The van der Waals surface area contributed by atoms with Gasteiger partial charge in [-0.25, -0.2) is 0 Å². The summed E-state index contributed by atoms with van der Waals surface area (Å²) in [7, 11) is 0. The predicted molar refractivity (Wildman–Crippen MR) is 105 cm³/mol. The van der Waals surface area contributed by atoms with Crippen LogP contribution in [0.1, 0.15) is 37.0 Å². The van der Waals surface area contributed by atoms with Crippen molar-refractivity contribution in [1.29, 1.82) is 0 Å². The summed E-state index contributed by atoms with van der Waals surface area (Å²) in [4.78, 5) is 12.5. The fourth-order valence-corrected chi connectivity index (χ4v) is 2.56. The van der Waals surface area contributed by atoms with Gasteiger partial charge in [-0.1, -0.05) is 36.8 Å². The SMILES string of the molecule is CC[C@@H](Oc1cccc(C)c1C)C(=O)N[C@H](C)COc1ccc(C)cc1. The highest BCUT2D eigenvalue weighted by molar-refractivity contribution is 5.81. The van der Waals surface area contributed by atoms with Crippen molar-refractivity contribution in [2.75, 3.05) is 6.61 Å². The summed E-state index contributed by atoms with van der Waals surface area (Å²) in [6.07, 6.45) is 0.0856. The Morgan fingerprint density at radius 3 is 2.42 bits per heavy atom. The van der Waals surface area contributed by atoms with E-state index in [9.17, 15) is 4.79 Å². The zero-order valence-electron chi connectivity index (χ0n) is 16.3. The van der Waals surface area contributed by atoms with Gasteiger partial charge in [0.2, 0.25) is 0 Å². The summed E-state index contributed by atoms with van der Waals surface area (Å²) in [5, 5.41) is 2.98. The molecule has 0 saturated carbocycles. The zero-order chi connectivity index (χ0) is 19.1. The van der Waals surface area contributed by atoms with E-state index in [0.717, 1.165) is 22.6 Å². The van der Waals surface area contributed by atoms with Crippen LogP contribution in [0, 0.1) is 20.8 Å². The average molecular weight is 355 g/mol. The molecule has 0 aromatic heterocycles. The first-order valence-corrected chi connectivity index (χ1v) is 9.13. The van der Waals surface area contributed by atoms with Crippen molar-refractivity contribution in [1.82, 2.24) is 5.32 Å². The van der Waals surface area contributed by atoms with Crippen molar-refractivity contribution >= 4 is 5.91 Å². The number of hydrogen-bond donors (Lipinski definition) is 1. The lowest BCUT2D eigenvalue weighted by molar-refractivity contribution is -0.129. The summed E-state index contributed by atoms with van der Waals surface area (Å²) in [6, 6.07) is 13.6. The summed E-state index contributed by atoms with van der Waals surface area (Å²) in [6.45, 7) is 10.4. The van der Waals surface area contributed by atoms with Gasteiger partial charge in [-0.3, -0.25) is 4.79 Å². The van der Waals surface area contributed by atoms with E-state index in [-0.39, 0.29) is 11.9 Å². The Balaban J connectivity index is 1.89. The van der Waals surface area contributed by atoms with Crippen LogP contribution in [0.5, 0.6) is 11.5 Å². The van der Waals surface area contributed by atoms with Gasteiger partial charge in [0, 0.05) is 0 Å². The second-order valence-corrected chi connectivity index (χ2v) is 6.75. The van der Waals surface area contributed by atoms with E-state index < -0.39 is 6.10 Å². The van der Waals surface area contributed by atoms with Crippen molar-refractivity contribution in [3.05, 3.63) is 59.2 Å². The second kappa shape index (κ2) is 9.27. The Morgan fingerprint density at radius 2 is 1.77 bits per heavy atom. The molecule has 0 bridgehead atoms. The molecule has 0 aliphatic rings. The number of benzene rings is 2. The van der Waals surface area contributed by atoms with Crippen LogP contribution in [0.3, 0.4) is 0 Å². The average Bonchev–Trinajstić information content (AvgIpc) is 2.62. The quantitative estimate of drug-likeness (QED) is 0.766. The van der Waals surface area contributed by atoms with Crippen molar-refractivity contribution in [2.24, 2.45) is 0 Å². The van der Waals surface area contributed by atoms with Crippen LogP contribution >= 0.6 is 0 Å². The van der Waals surface area contributed by atoms with E-state index in [1.54, 1.807) is 0 Å². The Labute approximate surface area is 156 Å². The Kier molecular flexibility index (Phi) is 7.07. The minimum atomic E-state index is -0.516. The molecule has 0 radical (unpaired) electrons. The fourth-order valence-electron chi connectivity index (χ4n) is 2.56. The van der Waals surface area contributed by atoms with Crippen LogP contribution in [0.2, 0.25) is 0 Å². The number of carbonyl (C=O) groups excluding carboxylic acids is 1. The van der Waals surface area contributed by atoms with Gasteiger partial charge in [-0.05, 0) is 63.4 Å².